The lowest BCUT2D eigenvalue weighted by molar-refractivity contribution is 0.226. The summed E-state index contributed by atoms with van der Waals surface area (Å²) in [7, 11) is 3.68. The summed E-state index contributed by atoms with van der Waals surface area (Å²) in [6.07, 6.45) is 2.34. The molecule has 0 bridgehead atoms. The van der Waals surface area contributed by atoms with Gasteiger partial charge in [-0.25, -0.2) is 4.98 Å². The highest BCUT2D eigenvalue weighted by atomic mass is 35.5. The minimum absolute atomic E-state index is 0.285. The summed E-state index contributed by atoms with van der Waals surface area (Å²) in [4.78, 5) is 10.8. The molecule has 1 aliphatic heterocycles. The van der Waals surface area contributed by atoms with Gasteiger partial charge < -0.3 is 15.1 Å². The van der Waals surface area contributed by atoms with E-state index in [9.17, 15) is 0 Å². The smallest absolute Gasteiger partial charge is 0.203 e. The first kappa shape index (κ1) is 22.7. The Bertz CT molecular complexity index is 903. The number of aromatic nitrogens is 1. The Labute approximate surface area is 189 Å². The molecule has 1 atom stereocenters. The van der Waals surface area contributed by atoms with E-state index in [0.717, 1.165) is 42.4 Å². The van der Waals surface area contributed by atoms with Crippen molar-refractivity contribution < 1.29 is 0 Å². The van der Waals surface area contributed by atoms with Gasteiger partial charge in [0.05, 0.1) is 10.0 Å². The van der Waals surface area contributed by atoms with Crippen molar-refractivity contribution in [2.75, 3.05) is 48.8 Å². The Kier molecular flexibility index (Phi) is 7.45. The van der Waals surface area contributed by atoms with Gasteiger partial charge >= 0.3 is 0 Å². The Morgan fingerprint density at radius 2 is 1.97 bits per heavy atom. The Balaban J connectivity index is 1.75. The van der Waals surface area contributed by atoms with E-state index in [1.54, 1.807) is 21.9 Å². The first-order valence-electron chi connectivity index (χ1n) is 10.3. The Hall–Kier alpha value is -2.02. The van der Waals surface area contributed by atoms with Gasteiger partial charge in [-0.1, -0.05) is 30.1 Å². The summed E-state index contributed by atoms with van der Waals surface area (Å²) in [5.41, 5.74) is 1.89. The summed E-state index contributed by atoms with van der Waals surface area (Å²) in [6, 6.07) is 9.78. The van der Waals surface area contributed by atoms with Crippen molar-refractivity contribution in [3.8, 4) is 0 Å². The van der Waals surface area contributed by atoms with E-state index in [1.165, 1.54) is 13.0 Å². The maximum absolute atomic E-state index is 8.65. The van der Waals surface area contributed by atoms with Crippen molar-refractivity contribution in [2.24, 2.45) is 0 Å². The van der Waals surface area contributed by atoms with E-state index in [4.69, 9.17) is 33.6 Å². The van der Waals surface area contributed by atoms with Crippen LogP contribution < -0.4 is 15.1 Å². The monoisotopic (exact) mass is 448 g/mol. The highest BCUT2D eigenvalue weighted by Gasteiger charge is 2.20. The van der Waals surface area contributed by atoms with E-state index in [2.05, 4.69) is 30.1 Å². The molecule has 0 saturated carbocycles. The Morgan fingerprint density at radius 1 is 1.20 bits per heavy atom. The predicted molar refractivity (Wildman–Crippen MR) is 129 cm³/mol. The highest BCUT2D eigenvalue weighted by Crippen LogP contribution is 2.28. The number of likely N-dealkylation sites (tertiary alicyclic amines) is 1. The SMILES string of the molecule is CCN1CCCC(Nc2cc(C)cc(N(C)C(=N)N(C)c3ccc(Cl)c(Cl)c3)n2)C1. The van der Waals surface area contributed by atoms with Gasteiger partial charge in [0.25, 0.3) is 0 Å². The molecule has 30 heavy (non-hydrogen) atoms. The molecule has 0 aliphatic carbocycles. The molecule has 8 heteroatoms. The number of likely N-dealkylation sites (N-methyl/N-ethyl adjacent to an activating group) is 1. The van der Waals surface area contributed by atoms with Crippen LogP contribution in [0.5, 0.6) is 0 Å². The second kappa shape index (κ2) is 9.86. The summed E-state index contributed by atoms with van der Waals surface area (Å²) in [5.74, 6) is 1.86. The standard InChI is InChI=1S/C22H30Cl2N6/c1-5-30-10-6-7-16(14-30)26-20-11-15(2)12-21(27-20)29(4)22(25)28(3)17-8-9-18(23)19(24)13-17/h8-9,11-13,16,25H,5-7,10,14H2,1-4H3,(H,26,27). The number of nitrogens with one attached hydrogen (secondary N) is 2. The van der Waals surface area contributed by atoms with Crippen LogP contribution in [0.2, 0.25) is 10.0 Å². The number of aryl methyl sites for hydroxylation is 1. The van der Waals surface area contributed by atoms with Gasteiger partial charge in [-0.15, -0.1) is 0 Å². The molecule has 2 aromatic rings. The maximum Gasteiger partial charge on any atom is 0.203 e. The molecule has 1 aromatic carbocycles. The highest BCUT2D eigenvalue weighted by molar-refractivity contribution is 6.42. The van der Waals surface area contributed by atoms with Gasteiger partial charge in [0.15, 0.2) is 0 Å². The number of halogens is 2. The van der Waals surface area contributed by atoms with Crippen molar-refractivity contribution in [1.29, 1.82) is 5.41 Å². The van der Waals surface area contributed by atoms with E-state index < -0.39 is 0 Å². The topological polar surface area (TPSA) is 58.5 Å². The van der Waals surface area contributed by atoms with E-state index >= 15 is 0 Å². The van der Waals surface area contributed by atoms with Crippen molar-refractivity contribution >= 4 is 46.5 Å². The van der Waals surface area contributed by atoms with Gasteiger partial charge in [0, 0.05) is 32.4 Å². The van der Waals surface area contributed by atoms with Gasteiger partial charge in [0.2, 0.25) is 5.96 Å². The van der Waals surface area contributed by atoms with Crippen LogP contribution in [-0.4, -0.2) is 55.6 Å². The van der Waals surface area contributed by atoms with Crippen LogP contribution in [0.15, 0.2) is 30.3 Å². The molecule has 1 saturated heterocycles. The fourth-order valence-corrected chi connectivity index (χ4v) is 4.01. The van der Waals surface area contributed by atoms with Crippen molar-refractivity contribution in [3.05, 3.63) is 45.9 Å². The number of piperidine rings is 1. The number of anilines is 3. The average Bonchev–Trinajstić information content (AvgIpc) is 2.73. The number of hydrogen-bond acceptors (Lipinski definition) is 4. The molecule has 0 radical (unpaired) electrons. The molecule has 1 aromatic heterocycles. The van der Waals surface area contributed by atoms with Crippen LogP contribution in [-0.2, 0) is 0 Å². The normalized spacial score (nSPS) is 16.9. The number of hydrogen-bond donors (Lipinski definition) is 2. The summed E-state index contributed by atoms with van der Waals surface area (Å²) < 4.78 is 0. The lowest BCUT2D eigenvalue weighted by Crippen LogP contribution is -2.42. The third kappa shape index (κ3) is 5.36. The van der Waals surface area contributed by atoms with Crippen LogP contribution >= 0.6 is 23.2 Å². The van der Waals surface area contributed by atoms with E-state index in [-0.39, 0.29) is 5.96 Å². The van der Waals surface area contributed by atoms with Crippen LogP contribution in [0, 0.1) is 12.3 Å². The van der Waals surface area contributed by atoms with Crippen molar-refractivity contribution in [3.63, 3.8) is 0 Å². The van der Waals surface area contributed by atoms with Gasteiger partial charge in [-0.2, -0.15) is 0 Å². The zero-order valence-electron chi connectivity index (χ0n) is 18.0. The zero-order valence-corrected chi connectivity index (χ0v) is 19.6. The first-order valence-corrected chi connectivity index (χ1v) is 11.0. The molecule has 0 amide bonds. The number of nitrogens with zero attached hydrogens (tertiary/aromatic N) is 4. The Morgan fingerprint density at radius 3 is 2.67 bits per heavy atom. The lowest BCUT2D eigenvalue weighted by Gasteiger charge is -2.33. The largest absolute Gasteiger partial charge is 0.366 e. The van der Waals surface area contributed by atoms with Gasteiger partial charge in [0.1, 0.15) is 11.6 Å². The van der Waals surface area contributed by atoms with Crippen molar-refractivity contribution in [2.45, 2.75) is 32.7 Å². The number of guanidine groups is 1. The summed E-state index contributed by atoms with van der Waals surface area (Å²) >= 11 is 12.2. The number of benzene rings is 1. The summed E-state index contributed by atoms with van der Waals surface area (Å²) in [6.45, 7) is 7.53. The molecule has 1 unspecified atom stereocenters. The first-order chi connectivity index (χ1) is 14.3. The van der Waals surface area contributed by atoms with Crippen LogP contribution in [0.4, 0.5) is 17.3 Å². The quantitative estimate of drug-likeness (QED) is 0.491. The van der Waals surface area contributed by atoms with Gasteiger partial charge in [-0.3, -0.25) is 10.3 Å². The van der Waals surface area contributed by atoms with Crippen LogP contribution in [0.3, 0.4) is 0 Å². The van der Waals surface area contributed by atoms with Crippen LogP contribution in [0.25, 0.3) is 0 Å². The molecule has 6 nitrogen and oxygen atoms in total. The molecule has 2 heterocycles. The van der Waals surface area contributed by atoms with Crippen LogP contribution in [0.1, 0.15) is 25.3 Å². The molecule has 162 valence electrons. The van der Waals surface area contributed by atoms with Gasteiger partial charge in [-0.05, 0) is 68.8 Å². The minimum Gasteiger partial charge on any atom is -0.366 e. The van der Waals surface area contributed by atoms with E-state index in [0.29, 0.717) is 16.1 Å². The van der Waals surface area contributed by atoms with Crippen molar-refractivity contribution in [1.82, 2.24) is 9.88 Å². The predicted octanol–water partition coefficient (Wildman–Crippen LogP) is 5.10. The molecule has 2 N–H and O–H groups in total. The summed E-state index contributed by atoms with van der Waals surface area (Å²) in [5, 5.41) is 13.2. The minimum atomic E-state index is 0.285. The van der Waals surface area contributed by atoms with E-state index in [1.807, 2.05) is 26.2 Å². The molecule has 1 fully saturated rings. The number of pyridine rings is 1. The lowest BCUT2D eigenvalue weighted by atomic mass is 10.1. The third-order valence-corrected chi connectivity index (χ3v) is 6.27. The molecule has 0 spiro atoms. The molecular formula is C22H30Cl2N6. The fraction of sp³-hybridized carbons (Fsp3) is 0.455. The average molecular weight is 449 g/mol. The maximum atomic E-state index is 8.65. The second-order valence-corrected chi connectivity index (χ2v) is 8.62. The second-order valence-electron chi connectivity index (χ2n) is 7.80. The molecule has 1 aliphatic rings. The third-order valence-electron chi connectivity index (χ3n) is 5.53. The molecular weight excluding hydrogens is 419 g/mol. The number of rotatable bonds is 5. The fourth-order valence-electron chi connectivity index (χ4n) is 3.71. The molecule has 3 rings (SSSR count). The zero-order chi connectivity index (χ0) is 21.8.